The van der Waals surface area contributed by atoms with Gasteiger partial charge in [-0.05, 0) is 43.9 Å². The molecular weight excluding hydrogens is 442 g/mol. The summed E-state index contributed by atoms with van der Waals surface area (Å²) in [4.78, 5) is 26.9. The molecule has 0 aromatic heterocycles. The van der Waals surface area contributed by atoms with Crippen LogP contribution in [0.4, 0.5) is 0 Å². The Morgan fingerprint density at radius 3 is 2.37 bits per heavy atom. The van der Waals surface area contributed by atoms with Crippen LogP contribution in [0.1, 0.15) is 51.7 Å². The molecule has 0 spiro atoms. The van der Waals surface area contributed by atoms with E-state index in [0.29, 0.717) is 31.2 Å². The molecule has 35 heavy (non-hydrogen) atoms. The van der Waals surface area contributed by atoms with Gasteiger partial charge in [0.25, 0.3) is 0 Å². The van der Waals surface area contributed by atoms with Crippen molar-refractivity contribution in [2.45, 2.75) is 58.3 Å². The number of nitrogens with zero attached hydrogens (tertiary/aromatic N) is 1. The topological polar surface area (TPSA) is 65.1 Å². The molecule has 1 aliphatic rings. The van der Waals surface area contributed by atoms with Crippen molar-refractivity contribution in [3.05, 3.63) is 66.2 Å². The fourth-order valence-electron chi connectivity index (χ4n) is 4.07. The van der Waals surface area contributed by atoms with E-state index in [0.717, 1.165) is 25.1 Å². The van der Waals surface area contributed by atoms with E-state index < -0.39 is 24.1 Å². The van der Waals surface area contributed by atoms with Gasteiger partial charge in [-0.25, -0.2) is 4.79 Å². The minimum absolute atomic E-state index is 0.282. The second-order valence-electron chi connectivity index (χ2n) is 9.17. The SMILES string of the molecule is CC(=O)O[C@@H](C(=O)O[C@H](C#CCN1CCC[C@H]1COc1ccccc1)CC(C)C)c1ccccc1. The summed E-state index contributed by atoms with van der Waals surface area (Å²) < 4.78 is 17.0. The lowest BCUT2D eigenvalue weighted by atomic mass is 10.1. The fourth-order valence-corrected chi connectivity index (χ4v) is 4.07. The van der Waals surface area contributed by atoms with Crippen molar-refractivity contribution in [3.63, 3.8) is 0 Å². The minimum Gasteiger partial charge on any atom is -0.492 e. The van der Waals surface area contributed by atoms with Gasteiger partial charge in [0.1, 0.15) is 12.4 Å². The Hall–Kier alpha value is -3.30. The summed E-state index contributed by atoms with van der Waals surface area (Å²) in [5.74, 6) is 6.37. The molecule has 2 aromatic rings. The monoisotopic (exact) mass is 477 g/mol. The number of carbonyl (C=O) groups is 2. The van der Waals surface area contributed by atoms with Gasteiger partial charge in [0.05, 0.1) is 6.54 Å². The minimum atomic E-state index is -1.11. The van der Waals surface area contributed by atoms with Gasteiger partial charge in [-0.15, -0.1) is 0 Å². The molecule has 6 heteroatoms. The molecule has 0 saturated carbocycles. The third kappa shape index (κ3) is 8.77. The number of rotatable bonds is 10. The van der Waals surface area contributed by atoms with Crippen LogP contribution in [-0.2, 0) is 19.1 Å². The summed E-state index contributed by atoms with van der Waals surface area (Å²) in [5.41, 5.74) is 0.572. The molecular formula is C29H35NO5. The molecule has 6 nitrogen and oxygen atoms in total. The molecule has 1 saturated heterocycles. The smallest absolute Gasteiger partial charge is 0.353 e. The zero-order valence-corrected chi connectivity index (χ0v) is 20.8. The van der Waals surface area contributed by atoms with E-state index in [1.54, 1.807) is 24.3 Å². The summed E-state index contributed by atoms with van der Waals surface area (Å²) >= 11 is 0. The molecule has 0 unspecified atom stereocenters. The number of hydrogen-bond acceptors (Lipinski definition) is 6. The van der Waals surface area contributed by atoms with Crippen molar-refractivity contribution in [1.29, 1.82) is 0 Å². The van der Waals surface area contributed by atoms with Crippen molar-refractivity contribution >= 4 is 11.9 Å². The summed E-state index contributed by atoms with van der Waals surface area (Å²) in [6.45, 7) is 7.57. The summed E-state index contributed by atoms with van der Waals surface area (Å²) in [7, 11) is 0. The third-order valence-corrected chi connectivity index (χ3v) is 5.77. The second kappa shape index (κ2) is 13.6. The molecule has 0 aliphatic carbocycles. The molecule has 1 heterocycles. The predicted octanol–water partition coefficient (Wildman–Crippen LogP) is 4.80. The van der Waals surface area contributed by atoms with Gasteiger partial charge < -0.3 is 14.2 Å². The van der Waals surface area contributed by atoms with Crippen molar-refractivity contribution < 1.29 is 23.8 Å². The van der Waals surface area contributed by atoms with E-state index in [1.807, 2.05) is 36.4 Å². The van der Waals surface area contributed by atoms with Gasteiger partial charge >= 0.3 is 11.9 Å². The van der Waals surface area contributed by atoms with Crippen LogP contribution in [0.25, 0.3) is 0 Å². The highest BCUT2D eigenvalue weighted by molar-refractivity contribution is 5.80. The van der Waals surface area contributed by atoms with Crippen molar-refractivity contribution in [3.8, 4) is 17.6 Å². The molecule has 0 N–H and O–H groups in total. The van der Waals surface area contributed by atoms with Gasteiger partial charge in [-0.3, -0.25) is 9.69 Å². The molecule has 1 fully saturated rings. The Morgan fingerprint density at radius 1 is 1.03 bits per heavy atom. The van der Waals surface area contributed by atoms with E-state index in [9.17, 15) is 9.59 Å². The van der Waals surface area contributed by atoms with Crippen LogP contribution in [-0.4, -0.2) is 48.7 Å². The van der Waals surface area contributed by atoms with Crippen LogP contribution in [0.5, 0.6) is 5.75 Å². The molecule has 0 amide bonds. The van der Waals surface area contributed by atoms with E-state index in [2.05, 4.69) is 30.6 Å². The van der Waals surface area contributed by atoms with E-state index in [4.69, 9.17) is 14.2 Å². The van der Waals surface area contributed by atoms with Gasteiger partial charge in [-0.1, -0.05) is 74.2 Å². The average Bonchev–Trinajstić information content (AvgIpc) is 3.29. The number of ether oxygens (including phenoxy) is 3. The van der Waals surface area contributed by atoms with Crippen LogP contribution < -0.4 is 4.74 Å². The molecule has 3 atom stereocenters. The maximum Gasteiger partial charge on any atom is 0.353 e. The molecule has 1 aliphatic heterocycles. The Kier molecular flexibility index (Phi) is 10.2. The van der Waals surface area contributed by atoms with Crippen LogP contribution in [0, 0.1) is 17.8 Å². The third-order valence-electron chi connectivity index (χ3n) is 5.77. The van der Waals surface area contributed by atoms with E-state index in [-0.39, 0.29) is 5.92 Å². The first kappa shape index (κ1) is 26.3. The lowest BCUT2D eigenvalue weighted by Crippen LogP contribution is -2.34. The molecule has 0 radical (unpaired) electrons. The number of hydrogen-bond donors (Lipinski definition) is 0. The first-order chi connectivity index (χ1) is 16.9. The Labute approximate surface area is 208 Å². The summed E-state index contributed by atoms with van der Waals surface area (Å²) in [6.07, 6.45) is 1.09. The van der Waals surface area contributed by atoms with E-state index in [1.165, 1.54) is 6.92 Å². The zero-order valence-electron chi connectivity index (χ0n) is 20.8. The standard InChI is InChI=1S/C29H35NO5/c1-22(2)20-27(35-29(32)28(34-23(3)31)24-12-6-4-7-13-24)17-11-19-30-18-10-14-25(30)21-33-26-15-8-5-9-16-26/h4-9,12-13,15-16,22,25,27-28H,10,14,18-21H2,1-3H3/t25-,27+,28+/m0/s1. The molecule has 2 aromatic carbocycles. The predicted molar refractivity (Wildman–Crippen MR) is 135 cm³/mol. The largest absolute Gasteiger partial charge is 0.492 e. The van der Waals surface area contributed by atoms with Gasteiger partial charge in [-0.2, -0.15) is 0 Å². The van der Waals surface area contributed by atoms with E-state index >= 15 is 0 Å². The van der Waals surface area contributed by atoms with Crippen LogP contribution in [0.3, 0.4) is 0 Å². The highest BCUT2D eigenvalue weighted by Gasteiger charge is 2.28. The molecule has 3 rings (SSSR count). The van der Waals surface area contributed by atoms with Crippen LogP contribution >= 0.6 is 0 Å². The quantitative estimate of drug-likeness (QED) is 0.362. The Morgan fingerprint density at radius 2 is 1.71 bits per heavy atom. The number of carbonyl (C=O) groups excluding carboxylic acids is 2. The van der Waals surface area contributed by atoms with Gasteiger partial charge in [0.2, 0.25) is 6.10 Å². The number of para-hydroxylation sites is 1. The molecule has 186 valence electrons. The van der Waals surface area contributed by atoms with Gasteiger partial charge in [0.15, 0.2) is 6.10 Å². The fraction of sp³-hybridized carbons (Fsp3) is 0.448. The first-order valence-corrected chi connectivity index (χ1v) is 12.2. The van der Waals surface area contributed by atoms with Crippen molar-refractivity contribution in [1.82, 2.24) is 4.90 Å². The normalized spacial score (nSPS) is 17.2. The second-order valence-corrected chi connectivity index (χ2v) is 9.17. The molecule has 0 bridgehead atoms. The average molecular weight is 478 g/mol. The van der Waals surface area contributed by atoms with Crippen LogP contribution in [0.2, 0.25) is 0 Å². The number of benzene rings is 2. The lowest BCUT2D eigenvalue weighted by molar-refractivity contribution is -0.169. The van der Waals surface area contributed by atoms with Crippen LogP contribution in [0.15, 0.2) is 60.7 Å². The maximum absolute atomic E-state index is 13.0. The maximum atomic E-state index is 13.0. The highest BCUT2D eigenvalue weighted by Crippen LogP contribution is 2.22. The van der Waals surface area contributed by atoms with Crippen molar-refractivity contribution in [2.24, 2.45) is 5.92 Å². The lowest BCUT2D eigenvalue weighted by Gasteiger charge is -2.22. The highest BCUT2D eigenvalue weighted by atomic mass is 16.6. The summed E-state index contributed by atoms with van der Waals surface area (Å²) in [6, 6.07) is 19.0. The number of esters is 2. The van der Waals surface area contributed by atoms with Gasteiger partial charge in [0, 0.05) is 18.5 Å². The number of likely N-dealkylation sites (tertiary alicyclic amines) is 1. The Balaban J connectivity index is 1.61. The zero-order chi connectivity index (χ0) is 25.0. The summed E-state index contributed by atoms with van der Waals surface area (Å²) in [5, 5.41) is 0. The first-order valence-electron chi connectivity index (χ1n) is 12.2. The Bertz CT molecular complexity index is 996. The van der Waals surface area contributed by atoms with Crippen molar-refractivity contribution in [2.75, 3.05) is 19.7 Å².